The van der Waals surface area contributed by atoms with E-state index in [9.17, 15) is 24.3 Å². The number of β-lactam (4-membered cyclic amide) rings is 1. The predicted octanol–water partition coefficient (Wildman–Crippen LogP) is 5.51. The van der Waals surface area contributed by atoms with Gasteiger partial charge < -0.3 is 24.8 Å². The van der Waals surface area contributed by atoms with Gasteiger partial charge in [-0.05, 0) is 27.8 Å². The molecule has 2 saturated heterocycles. The summed E-state index contributed by atoms with van der Waals surface area (Å²) >= 11 is 0. The number of amides is 2. The highest BCUT2D eigenvalue weighted by Gasteiger charge is 2.64. The summed E-state index contributed by atoms with van der Waals surface area (Å²) in [4.78, 5) is 57.1. The van der Waals surface area contributed by atoms with E-state index in [0.29, 0.717) is 5.56 Å². The Kier molecular flexibility index (Phi) is 9.95. The van der Waals surface area contributed by atoms with E-state index >= 15 is 0 Å². The molecule has 52 heavy (non-hydrogen) atoms. The predicted molar refractivity (Wildman–Crippen MR) is 192 cm³/mol. The molecular weight excluding hydrogens is 656 g/mol. The van der Waals surface area contributed by atoms with Crippen LogP contribution >= 0.6 is 0 Å². The van der Waals surface area contributed by atoms with Gasteiger partial charge >= 0.3 is 11.9 Å². The van der Waals surface area contributed by atoms with Crippen LogP contribution in [0.1, 0.15) is 52.9 Å². The van der Waals surface area contributed by atoms with Crippen molar-refractivity contribution in [1.82, 2.24) is 10.2 Å². The number of hydrogen-bond acceptors (Lipinski definition) is 7. The number of carbonyl (C=O) groups excluding carboxylic acids is 4. The van der Waals surface area contributed by atoms with Crippen LogP contribution in [0.15, 0.2) is 152 Å². The average Bonchev–Trinajstić information content (AvgIpc) is 3.43. The molecule has 9 nitrogen and oxygen atoms in total. The van der Waals surface area contributed by atoms with E-state index in [-0.39, 0.29) is 0 Å². The third-order valence-corrected chi connectivity index (χ3v) is 9.92. The number of rotatable bonds is 11. The Morgan fingerprint density at radius 1 is 0.615 bits per heavy atom. The minimum atomic E-state index is -1.42. The minimum Gasteiger partial charge on any atom is -0.452 e. The summed E-state index contributed by atoms with van der Waals surface area (Å²) in [7, 11) is 0. The number of aliphatic hydroxyl groups excluding tert-OH is 1. The van der Waals surface area contributed by atoms with Gasteiger partial charge in [0.25, 0.3) is 0 Å². The number of fused-ring (bicyclic) bond motifs is 1. The molecule has 5 unspecified atom stereocenters. The fourth-order valence-electron chi connectivity index (χ4n) is 7.26. The lowest BCUT2D eigenvalue weighted by atomic mass is 9.90. The molecule has 5 aromatic rings. The molecule has 0 aliphatic carbocycles. The van der Waals surface area contributed by atoms with E-state index in [4.69, 9.17) is 9.47 Å². The number of ether oxygens (including phenoxy) is 2. The SMILES string of the molecule is CC1C(O)[C@@H]2C(NC(=O)C(C(=O)OC(c3ccccc3)c3ccccc3)c3ccccc3)C(=O)N2C1C(=O)OC(c1ccccc1)c1ccccc1. The van der Waals surface area contributed by atoms with E-state index in [0.717, 1.165) is 22.3 Å². The topological polar surface area (TPSA) is 122 Å². The molecule has 262 valence electrons. The fraction of sp³-hybridized carbons (Fsp3) is 0.209. The smallest absolute Gasteiger partial charge is 0.330 e. The number of esters is 2. The number of carbonyl (C=O) groups is 4. The first-order valence-electron chi connectivity index (χ1n) is 17.3. The maximum absolute atomic E-state index is 14.1. The number of benzene rings is 5. The Morgan fingerprint density at radius 2 is 1.00 bits per heavy atom. The molecule has 7 rings (SSSR count). The first kappa shape index (κ1) is 34.4. The molecule has 0 bridgehead atoms. The van der Waals surface area contributed by atoms with Crippen molar-refractivity contribution in [1.29, 1.82) is 0 Å². The van der Waals surface area contributed by atoms with Crippen LogP contribution in [0.2, 0.25) is 0 Å². The molecule has 2 aliphatic heterocycles. The quantitative estimate of drug-likeness (QED) is 0.106. The van der Waals surface area contributed by atoms with Crippen molar-refractivity contribution in [3.63, 3.8) is 0 Å². The zero-order valence-electron chi connectivity index (χ0n) is 28.4. The molecule has 2 fully saturated rings. The largest absolute Gasteiger partial charge is 0.452 e. The Balaban J connectivity index is 1.11. The summed E-state index contributed by atoms with van der Waals surface area (Å²) < 4.78 is 12.2. The van der Waals surface area contributed by atoms with Crippen molar-refractivity contribution >= 4 is 23.8 Å². The van der Waals surface area contributed by atoms with Gasteiger partial charge in [-0.1, -0.05) is 159 Å². The van der Waals surface area contributed by atoms with Gasteiger partial charge in [-0.15, -0.1) is 0 Å². The van der Waals surface area contributed by atoms with E-state index in [1.54, 1.807) is 37.3 Å². The Hall–Kier alpha value is -6.06. The van der Waals surface area contributed by atoms with Crippen molar-refractivity contribution in [2.75, 3.05) is 0 Å². The molecule has 0 saturated carbocycles. The van der Waals surface area contributed by atoms with Crippen molar-refractivity contribution in [2.45, 2.75) is 49.3 Å². The lowest BCUT2D eigenvalue weighted by Crippen LogP contribution is -2.73. The Morgan fingerprint density at radius 3 is 1.42 bits per heavy atom. The van der Waals surface area contributed by atoms with Crippen LogP contribution in [0.5, 0.6) is 0 Å². The maximum Gasteiger partial charge on any atom is 0.330 e. The highest BCUT2D eigenvalue weighted by atomic mass is 16.5. The van der Waals surface area contributed by atoms with Crippen molar-refractivity contribution < 1.29 is 33.8 Å². The van der Waals surface area contributed by atoms with Gasteiger partial charge in [0.05, 0.1) is 12.1 Å². The minimum absolute atomic E-state index is 0.378. The zero-order valence-corrected chi connectivity index (χ0v) is 28.4. The van der Waals surface area contributed by atoms with Gasteiger partial charge in [-0.3, -0.25) is 14.4 Å². The number of nitrogens with zero attached hydrogens (tertiary/aromatic N) is 1. The molecular formula is C43H38N2O7. The molecule has 6 atom stereocenters. The third kappa shape index (κ3) is 6.70. The zero-order chi connectivity index (χ0) is 36.2. The Bertz CT molecular complexity index is 1930. The van der Waals surface area contributed by atoms with Crippen LogP contribution in [0.25, 0.3) is 0 Å². The van der Waals surface area contributed by atoms with Gasteiger partial charge in [-0.25, -0.2) is 4.79 Å². The molecule has 9 heteroatoms. The first-order chi connectivity index (χ1) is 25.3. The summed E-state index contributed by atoms with van der Waals surface area (Å²) in [6.07, 6.45) is -2.68. The first-order valence-corrected chi connectivity index (χ1v) is 17.3. The van der Waals surface area contributed by atoms with E-state index in [2.05, 4.69) is 5.32 Å². The summed E-state index contributed by atoms with van der Waals surface area (Å²) in [5.41, 5.74) is 3.34. The standard InChI is InChI=1S/C43H38N2O7/c1-27-35(43(50)52-39(31-23-13-5-14-24-31)32-25-15-6-16-26-32)45-36(37(27)46)34(41(45)48)44-40(47)33(28-17-7-2-8-18-28)42(49)51-38(29-19-9-3-10-20-29)30-21-11-4-12-22-30/h2-27,33-39,46H,1H3,(H,44,47)/t27?,33?,34?,35?,36-,37?/m0/s1. The summed E-state index contributed by atoms with van der Waals surface area (Å²) in [5, 5.41) is 14.1. The second-order valence-electron chi connectivity index (χ2n) is 13.1. The molecule has 0 spiro atoms. The third-order valence-electron chi connectivity index (χ3n) is 9.92. The van der Waals surface area contributed by atoms with Gasteiger partial charge in [0, 0.05) is 5.92 Å². The van der Waals surface area contributed by atoms with E-state index in [1.807, 2.05) is 121 Å². The van der Waals surface area contributed by atoms with Crippen LogP contribution in [-0.4, -0.2) is 58.0 Å². The second-order valence-corrected chi connectivity index (χ2v) is 13.1. The summed E-state index contributed by atoms with van der Waals surface area (Å²) in [6.45, 7) is 1.68. The van der Waals surface area contributed by atoms with Crippen LogP contribution in [-0.2, 0) is 28.7 Å². The lowest BCUT2D eigenvalue weighted by molar-refractivity contribution is -0.168. The van der Waals surface area contributed by atoms with E-state index in [1.165, 1.54) is 4.90 Å². The van der Waals surface area contributed by atoms with Crippen molar-refractivity contribution in [3.8, 4) is 0 Å². The van der Waals surface area contributed by atoms with Crippen molar-refractivity contribution in [2.24, 2.45) is 5.92 Å². The van der Waals surface area contributed by atoms with Gasteiger partial charge in [0.2, 0.25) is 11.8 Å². The Labute approximate surface area is 301 Å². The van der Waals surface area contributed by atoms with Gasteiger partial charge in [0.15, 0.2) is 18.1 Å². The fourth-order valence-corrected chi connectivity index (χ4v) is 7.26. The maximum atomic E-state index is 14.1. The summed E-state index contributed by atoms with van der Waals surface area (Å²) in [5.74, 6) is -4.89. The second kappa shape index (κ2) is 15.0. The summed E-state index contributed by atoms with van der Waals surface area (Å²) in [6, 6.07) is 42.4. The van der Waals surface area contributed by atoms with Crippen molar-refractivity contribution in [3.05, 3.63) is 179 Å². The molecule has 2 heterocycles. The van der Waals surface area contributed by atoms with Crippen LogP contribution in [0.4, 0.5) is 0 Å². The molecule has 2 aliphatic rings. The molecule has 2 amide bonds. The highest BCUT2D eigenvalue weighted by Crippen LogP contribution is 2.41. The highest BCUT2D eigenvalue weighted by molar-refractivity contribution is 6.06. The monoisotopic (exact) mass is 694 g/mol. The number of hydrogen-bond donors (Lipinski definition) is 2. The van der Waals surface area contributed by atoms with Crippen LogP contribution < -0.4 is 5.32 Å². The normalized spacial score (nSPS) is 21.2. The molecule has 5 aromatic carbocycles. The number of aliphatic hydroxyl groups is 1. The van der Waals surface area contributed by atoms with Gasteiger partial charge in [-0.2, -0.15) is 0 Å². The lowest BCUT2D eigenvalue weighted by Gasteiger charge is -2.45. The molecule has 2 N–H and O–H groups in total. The number of nitrogens with one attached hydrogen (secondary N) is 1. The van der Waals surface area contributed by atoms with E-state index < -0.39 is 72.0 Å². The molecule has 0 radical (unpaired) electrons. The van der Waals surface area contributed by atoms with Gasteiger partial charge in [0.1, 0.15) is 12.1 Å². The van der Waals surface area contributed by atoms with Crippen LogP contribution in [0.3, 0.4) is 0 Å². The van der Waals surface area contributed by atoms with Crippen LogP contribution in [0, 0.1) is 5.92 Å². The average molecular weight is 695 g/mol. The molecule has 0 aromatic heterocycles.